The van der Waals surface area contributed by atoms with Gasteiger partial charge in [0.15, 0.2) is 0 Å². The Bertz CT molecular complexity index is 515. The van der Waals surface area contributed by atoms with Crippen LogP contribution in [0.15, 0.2) is 24.3 Å². The van der Waals surface area contributed by atoms with Gasteiger partial charge in [-0.3, -0.25) is 4.79 Å². The van der Waals surface area contributed by atoms with Crippen LogP contribution in [0.2, 0.25) is 0 Å². The normalized spacial score (nSPS) is 19.4. The molecule has 1 atom stereocenters. The van der Waals surface area contributed by atoms with E-state index in [-0.39, 0.29) is 18.3 Å². The van der Waals surface area contributed by atoms with Crippen LogP contribution < -0.4 is 5.32 Å². The average molecular weight is 311 g/mol. The van der Waals surface area contributed by atoms with Gasteiger partial charge in [0.25, 0.3) is 0 Å². The summed E-state index contributed by atoms with van der Waals surface area (Å²) in [4.78, 5) is 12.6. The van der Waals surface area contributed by atoms with Gasteiger partial charge in [-0.1, -0.05) is 18.6 Å². The van der Waals surface area contributed by atoms with E-state index in [0.29, 0.717) is 5.75 Å². The highest BCUT2D eigenvalue weighted by molar-refractivity contribution is 7.98. The van der Waals surface area contributed by atoms with Crippen molar-refractivity contribution in [2.75, 3.05) is 18.6 Å². The van der Waals surface area contributed by atoms with Gasteiger partial charge < -0.3 is 10.4 Å². The number of carbonyl (C=O) groups excluding carboxylic acids is 1. The first-order valence-corrected chi connectivity index (χ1v) is 8.55. The third-order valence-electron chi connectivity index (χ3n) is 4.10. The Kier molecular flexibility index (Phi) is 4.94. The van der Waals surface area contributed by atoms with Crippen LogP contribution in [0.1, 0.15) is 31.7 Å². The zero-order valence-electron chi connectivity index (χ0n) is 12.5. The lowest BCUT2D eigenvalue weighted by molar-refractivity contribution is -0.130. The molecule has 3 nitrogen and oxygen atoms in total. The second-order valence-electron chi connectivity index (χ2n) is 6.06. The Labute approximate surface area is 129 Å². The van der Waals surface area contributed by atoms with E-state index in [9.17, 15) is 14.3 Å². The fourth-order valence-electron chi connectivity index (χ4n) is 2.77. The van der Waals surface area contributed by atoms with Crippen molar-refractivity contribution in [2.45, 2.75) is 37.2 Å². The maximum atomic E-state index is 13.4. The summed E-state index contributed by atoms with van der Waals surface area (Å²) in [7, 11) is 0. The first kappa shape index (κ1) is 16.3. The van der Waals surface area contributed by atoms with Crippen LogP contribution in [0.4, 0.5) is 4.39 Å². The first-order valence-electron chi connectivity index (χ1n) is 7.15. The van der Waals surface area contributed by atoms with Gasteiger partial charge in [-0.25, -0.2) is 4.39 Å². The highest BCUT2D eigenvalue weighted by atomic mass is 32.2. The molecule has 0 bridgehead atoms. The van der Waals surface area contributed by atoms with E-state index in [1.165, 1.54) is 23.9 Å². The fourth-order valence-corrected chi connectivity index (χ4v) is 3.49. The summed E-state index contributed by atoms with van der Waals surface area (Å²) in [6, 6.07) is 6.28. The Morgan fingerprint density at radius 2 is 2.24 bits per heavy atom. The molecule has 1 aromatic rings. The summed E-state index contributed by atoms with van der Waals surface area (Å²) in [6.07, 6.45) is 4.33. The molecule has 21 heavy (non-hydrogen) atoms. The zero-order chi connectivity index (χ0) is 15.5. The van der Waals surface area contributed by atoms with Gasteiger partial charge in [0, 0.05) is 12.3 Å². The molecule has 0 radical (unpaired) electrons. The third-order valence-corrected chi connectivity index (χ3v) is 5.01. The molecule has 0 aromatic heterocycles. The lowest BCUT2D eigenvalue weighted by Gasteiger charge is -2.41. The maximum absolute atomic E-state index is 13.4. The monoisotopic (exact) mass is 311 g/mol. The summed E-state index contributed by atoms with van der Waals surface area (Å²) in [5, 5.41) is 13.0. The smallest absolute Gasteiger partial charge is 0.230 e. The molecule has 116 valence electrons. The molecule has 2 rings (SSSR count). The minimum Gasteiger partial charge on any atom is -0.387 e. The number of rotatable bonds is 6. The summed E-state index contributed by atoms with van der Waals surface area (Å²) < 4.78 is 13.4. The minimum atomic E-state index is -0.929. The first-order chi connectivity index (χ1) is 9.89. The van der Waals surface area contributed by atoms with E-state index in [2.05, 4.69) is 5.32 Å². The van der Waals surface area contributed by atoms with Gasteiger partial charge in [-0.05, 0) is 43.7 Å². The van der Waals surface area contributed by atoms with Crippen molar-refractivity contribution >= 4 is 17.7 Å². The van der Waals surface area contributed by atoms with Crippen LogP contribution >= 0.6 is 11.8 Å². The van der Waals surface area contributed by atoms with Gasteiger partial charge in [0.05, 0.1) is 11.0 Å². The van der Waals surface area contributed by atoms with Gasteiger partial charge in [-0.15, -0.1) is 0 Å². The lowest BCUT2D eigenvalue weighted by atomic mass is 9.63. The molecule has 0 saturated heterocycles. The number of nitrogens with one attached hydrogen (secondary N) is 1. The van der Waals surface area contributed by atoms with Crippen LogP contribution in [0.25, 0.3) is 0 Å². The maximum Gasteiger partial charge on any atom is 0.230 e. The van der Waals surface area contributed by atoms with Gasteiger partial charge in [-0.2, -0.15) is 11.8 Å². The number of halogens is 1. The largest absolute Gasteiger partial charge is 0.387 e. The number of benzene rings is 1. The molecule has 1 aromatic carbocycles. The Balaban J connectivity index is 2.09. The molecular weight excluding hydrogens is 289 g/mol. The molecule has 0 heterocycles. The van der Waals surface area contributed by atoms with Crippen LogP contribution in [0, 0.1) is 5.82 Å². The fraction of sp³-hybridized carbons (Fsp3) is 0.562. The van der Waals surface area contributed by atoms with Crippen molar-refractivity contribution in [2.24, 2.45) is 0 Å². The van der Waals surface area contributed by atoms with Crippen molar-refractivity contribution in [3.05, 3.63) is 35.6 Å². The van der Waals surface area contributed by atoms with E-state index in [0.717, 1.165) is 24.8 Å². The Morgan fingerprint density at radius 1 is 1.52 bits per heavy atom. The van der Waals surface area contributed by atoms with E-state index < -0.39 is 11.0 Å². The Morgan fingerprint density at radius 3 is 2.76 bits per heavy atom. The minimum absolute atomic E-state index is 0.110. The van der Waals surface area contributed by atoms with Crippen LogP contribution in [-0.4, -0.2) is 35.2 Å². The van der Waals surface area contributed by atoms with Crippen molar-refractivity contribution < 1.29 is 14.3 Å². The van der Waals surface area contributed by atoms with Gasteiger partial charge >= 0.3 is 0 Å². The molecule has 1 fully saturated rings. The van der Waals surface area contributed by atoms with E-state index in [1.807, 2.05) is 12.3 Å². The lowest BCUT2D eigenvalue weighted by Crippen LogP contribution is -2.53. The SMILES string of the molecule is CSCC(C)(O)CNC(=O)C1(c2cccc(F)c2)CCC1. The predicted octanol–water partition coefficient (Wildman–Crippen LogP) is 2.48. The number of amides is 1. The summed E-state index contributed by atoms with van der Waals surface area (Å²) >= 11 is 1.53. The molecule has 0 aliphatic heterocycles. The second-order valence-corrected chi connectivity index (χ2v) is 6.92. The number of carbonyl (C=O) groups is 1. The number of hydrogen-bond donors (Lipinski definition) is 2. The van der Waals surface area contributed by atoms with Crippen molar-refractivity contribution in [3.8, 4) is 0 Å². The molecule has 1 aliphatic carbocycles. The standard InChI is InChI=1S/C16H22FNO2S/c1-15(20,11-21-2)10-18-14(19)16(7-4-8-16)12-5-3-6-13(17)9-12/h3,5-6,9,20H,4,7-8,10-11H2,1-2H3,(H,18,19). The molecule has 5 heteroatoms. The Hall–Kier alpha value is -1.07. The average Bonchev–Trinajstić information content (AvgIpc) is 2.35. The highest BCUT2D eigenvalue weighted by Crippen LogP contribution is 2.44. The third kappa shape index (κ3) is 3.58. The van der Waals surface area contributed by atoms with Crippen LogP contribution in [0.5, 0.6) is 0 Å². The molecule has 1 amide bonds. The zero-order valence-corrected chi connectivity index (χ0v) is 13.3. The molecule has 2 N–H and O–H groups in total. The quantitative estimate of drug-likeness (QED) is 0.848. The molecule has 0 spiro atoms. The number of thioether (sulfide) groups is 1. The molecule has 1 aliphatic rings. The predicted molar refractivity (Wildman–Crippen MR) is 83.9 cm³/mol. The van der Waals surface area contributed by atoms with E-state index in [1.54, 1.807) is 13.0 Å². The van der Waals surface area contributed by atoms with E-state index in [4.69, 9.17) is 0 Å². The molecular formula is C16H22FNO2S. The highest BCUT2D eigenvalue weighted by Gasteiger charge is 2.46. The van der Waals surface area contributed by atoms with Gasteiger partial charge in [0.1, 0.15) is 5.82 Å². The summed E-state index contributed by atoms with van der Waals surface area (Å²) in [6.45, 7) is 1.92. The molecule has 1 unspecified atom stereocenters. The van der Waals surface area contributed by atoms with Crippen LogP contribution in [0.3, 0.4) is 0 Å². The van der Waals surface area contributed by atoms with Crippen LogP contribution in [-0.2, 0) is 10.2 Å². The topological polar surface area (TPSA) is 49.3 Å². The summed E-state index contributed by atoms with van der Waals surface area (Å²) in [5.41, 5.74) is -0.824. The van der Waals surface area contributed by atoms with Crippen molar-refractivity contribution in [3.63, 3.8) is 0 Å². The van der Waals surface area contributed by atoms with Gasteiger partial charge in [0.2, 0.25) is 5.91 Å². The number of hydrogen-bond acceptors (Lipinski definition) is 3. The molecule has 1 saturated carbocycles. The van der Waals surface area contributed by atoms with Crippen molar-refractivity contribution in [1.29, 1.82) is 0 Å². The van der Waals surface area contributed by atoms with E-state index >= 15 is 0 Å². The second kappa shape index (κ2) is 6.36. The summed E-state index contributed by atoms with van der Waals surface area (Å²) in [5.74, 6) is 0.127. The van der Waals surface area contributed by atoms with Crippen molar-refractivity contribution in [1.82, 2.24) is 5.32 Å². The number of aliphatic hydroxyl groups is 1.